The fourth-order valence-corrected chi connectivity index (χ4v) is 5.35. The van der Waals surface area contributed by atoms with Crippen molar-refractivity contribution in [3.8, 4) is 0 Å². The van der Waals surface area contributed by atoms with Gasteiger partial charge in [0.1, 0.15) is 11.4 Å². The van der Waals surface area contributed by atoms with Gasteiger partial charge in [-0.1, -0.05) is 13.2 Å². The largest absolute Gasteiger partial charge is 0.488 e. The van der Waals surface area contributed by atoms with Gasteiger partial charge >= 0.3 is 0 Å². The van der Waals surface area contributed by atoms with E-state index in [-0.39, 0.29) is 5.60 Å². The van der Waals surface area contributed by atoms with Gasteiger partial charge in [-0.15, -0.1) is 0 Å². The van der Waals surface area contributed by atoms with Crippen LogP contribution in [0.1, 0.15) is 59.3 Å². The summed E-state index contributed by atoms with van der Waals surface area (Å²) in [6, 6.07) is 0. The van der Waals surface area contributed by atoms with Crippen LogP contribution >= 0.6 is 0 Å². The zero-order valence-electron chi connectivity index (χ0n) is 12.8. The predicted molar refractivity (Wildman–Crippen MR) is 79.7 cm³/mol. The van der Waals surface area contributed by atoms with Crippen LogP contribution in [0.5, 0.6) is 0 Å². The lowest BCUT2D eigenvalue weighted by Gasteiger charge is -2.61. The van der Waals surface area contributed by atoms with E-state index < -0.39 is 0 Å². The zero-order valence-corrected chi connectivity index (χ0v) is 12.8. The Morgan fingerprint density at radius 1 is 1.00 bits per heavy atom. The predicted octanol–water partition coefficient (Wildman–Crippen LogP) is 5.09. The van der Waals surface area contributed by atoms with Crippen LogP contribution in [-0.4, -0.2) is 5.60 Å². The van der Waals surface area contributed by atoms with Crippen molar-refractivity contribution in [2.75, 3.05) is 0 Å². The van der Waals surface area contributed by atoms with Gasteiger partial charge in [-0.05, 0) is 82.6 Å². The van der Waals surface area contributed by atoms with E-state index in [1.54, 1.807) is 0 Å². The fourth-order valence-electron chi connectivity index (χ4n) is 5.35. The Labute approximate surface area is 118 Å². The Bertz CT molecular complexity index is 380. The minimum Gasteiger partial charge on any atom is -0.488 e. The molecular formula is C18H28O. The van der Waals surface area contributed by atoms with Gasteiger partial charge in [-0.2, -0.15) is 0 Å². The SMILES string of the molecule is C=C(C)C(=C)OC(C)(C)C12CC3CC(CC(C3)C1)C2. The van der Waals surface area contributed by atoms with E-state index >= 15 is 0 Å². The maximum Gasteiger partial charge on any atom is 0.115 e. The van der Waals surface area contributed by atoms with Crippen LogP contribution in [0.25, 0.3) is 0 Å². The molecule has 0 atom stereocenters. The number of ether oxygens (including phenoxy) is 1. The van der Waals surface area contributed by atoms with E-state index in [0.717, 1.165) is 29.1 Å². The molecule has 4 rings (SSSR count). The zero-order chi connectivity index (χ0) is 13.8. The molecule has 19 heavy (non-hydrogen) atoms. The second kappa shape index (κ2) is 4.14. The third kappa shape index (κ3) is 2.06. The Balaban J connectivity index is 1.83. The maximum atomic E-state index is 6.29. The first-order valence-corrected chi connectivity index (χ1v) is 7.85. The monoisotopic (exact) mass is 260 g/mol. The highest BCUT2D eigenvalue weighted by molar-refractivity contribution is 5.18. The highest BCUT2D eigenvalue weighted by Gasteiger charge is 2.58. The summed E-state index contributed by atoms with van der Waals surface area (Å²) in [6.07, 6.45) is 8.56. The molecule has 0 saturated heterocycles. The lowest BCUT2D eigenvalue weighted by Crippen LogP contribution is -2.56. The molecule has 0 aromatic heterocycles. The average molecular weight is 260 g/mol. The topological polar surface area (TPSA) is 9.23 Å². The highest BCUT2D eigenvalue weighted by atomic mass is 16.5. The molecule has 0 radical (unpaired) electrons. The molecule has 0 aromatic rings. The Morgan fingerprint density at radius 2 is 1.42 bits per heavy atom. The molecule has 0 amide bonds. The molecule has 4 bridgehead atoms. The van der Waals surface area contributed by atoms with Crippen LogP contribution in [0.15, 0.2) is 24.5 Å². The first kappa shape index (κ1) is 13.3. The molecule has 4 fully saturated rings. The van der Waals surface area contributed by atoms with Crippen molar-refractivity contribution in [3.05, 3.63) is 24.5 Å². The lowest BCUT2D eigenvalue weighted by atomic mass is 9.46. The van der Waals surface area contributed by atoms with E-state index in [1.807, 2.05) is 6.92 Å². The smallest absolute Gasteiger partial charge is 0.115 e. The second-order valence-corrected chi connectivity index (χ2v) is 8.01. The van der Waals surface area contributed by atoms with E-state index in [9.17, 15) is 0 Å². The van der Waals surface area contributed by atoms with E-state index in [2.05, 4.69) is 27.0 Å². The molecule has 0 heterocycles. The molecule has 0 spiro atoms. The van der Waals surface area contributed by atoms with Gasteiger partial charge in [0.15, 0.2) is 0 Å². The molecule has 0 N–H and O–H groups in total. The van der Waals surface area contributed by atoms with E-state index in [4.69, 9.17) is 4.74 Å². The van der Waals surface area contributed by atoms with Crippen LogP contribution in [-0.2, 0) is 4.74 Å². The van der Waals surface area contributed by atoms with Crippen molar-refractivity contribution >= 4 is 0 Å². The van der Waals surface area contributed by atoms with Gasteiger partial charge < -0.3 is 4.74 Å². The highest BCUT2D eigenvalue weighted by Crippen LogP contribution is 2.64. The Hall–Kier alpha value is -0.720. The van der Waals surface area contributed by atoms with Crippen molar-refractivity contribution in [1.82, 2.24) is 0 Å². The summed E-state index contributed by atoms with van der Waals surface area (Å²) < 4.78 is 6.29. The summed E-state index contributed by atoms with van der Waals surface area (Å²) in [5.74, 6) is 3.67. The summed E-state index contributed by atoms with van der Waals surface area (Å²) in [5, 5.41) is 0. The quantitative estimate of drug-likeness (QED) is 0.505. The third-order valence-corrected chi connectivity index (χ3v) is 6.17. The summed E-state index contributed by atoms with van der Waals surface area (Å²) in [5.41, 5.74) is 1.25. The second-order valence-electron chi connectivity index (χ2n) is 8.01. The summed E-state index contributed by atoms with van der Waals surface area (Å²) in [7, 11) is 0. The van der Waals surface area contributed by atoms with Crippen LogP contribution in [0.4, 0.5) is 0 Å². The number of allylic oxidation sites excluding steroid dienone is 1. The van der Waals surface area contributed by atoms with Crippen molar-refractivity contribution in [2.24, 2.45) is 23.2 Å². The van der Waals surface area contributed by atoms with Gasteiger partial charge in [-0.25, -0.2) is 0 Å². The van der Waals surface area contributed by atoms with Crippen LogP contribution in [0.3, 0.4) is 0 Å². The first-order valence-electron chi connectivity index (χ1n) is 7.85. The Morgan fingerprint density at radius 3 is 1.79 bits per heavy atom. The molecule has 0 aliphatic heterocycles. The normalized spacial score (nSPS) is 40.3. The van der Waals surface area contributed by atoms with Gasteiger partial charge in [-0.3, -0.25) is 0 Å². The summed E-state index contributed by atoms with van der Waals surface area (Å²) >= 11 is 0. The Kier molecular flexibility index (Phi) is 2.89. The van der Waals surface area contributed by atoms with Gasteiger partial charge in [0.25, 0.3) is 0 Å². The fraction of sp³-hybridized carbons (Fsp3) is 0.778. The number of hydrogen-bond donors (Lipinski definition) is 0. The third-order valence-electron chi connectivity index (χ3n) is 6.17. The molecule has 0 unspecified atom stereocenters. The maximum absolute atomic E-state index is 6.29. The van der Waals surface area contributed by atoms with E-state index in [1.165, 1.54) is 38.5 Å². The molecule has 0 aromatic carbocycles. The van der Waals surface area contributed by atoms with Gasteiger partial charge in [0, 0.05) is 5.41 Å². The van der Waals surface area contributed by atoms with Gasteiger partial charge in [0.05, 0.1) is 0 Å². The molecule has 1 heteroatoms. The molecule has 1 nitrogen and oxygen atoms in total. The molecule has 4 aliphatic rings. The molecule has 106 valence electrons. The van der Waals surface area contributed by atoms with E-state index in [0.29, 0.717) is 5.41 Å². The molecule has 4 aliphatic carbocycles. The van der Waals surface area contributed by atoms with Crippen LogP contribution in [0.2, 0.25) is 0 Å². The molecular weight excluding hydrogens is 232 g/mol. The number of hydrogen-bond acceptors (Lipinski definition) is 1. The lowest BCUT2D eigenvalue weighted by molar-refractivity contribution is -0.170. The van der Waals surface area contributed by atoms with Gasteiger partial charge in [0.2, 0.25) is 0 Å². The first-order chi connectivity index (χ1) is 8.81. The minimum absolute atomic E-state index is 0.0982. The summed E-state index contributed by atoms with van der Waals surface area (Å²) in [6.45, 7) is 14.6. The van der Waals surface area contributed by atoms with Crippen LogP contribution < -0.4 is 0 Å². The van der Waals surface area contributed by atoms with Crippen molar-refractivity contribution in [1.29, 1.82) is 0 Å². The average Bonchev–Trinajstić information content (AvgIpc) is 2.25. The summed E-state index contributed by atoms with van der Waals surface area (Å²) in [4.78, 5) is 0. The standard InChI is InChI=1S/C18H28O/c1-12(2)13(3)19-17(4,5)18-9-14-6-15(10-18)8-16(7-14)11-18/h14-16H,1,3,6-11H2,2,4-5H3. The van der Waals surface area contributed by atoms with Crippen molar-refractivity contribution < 1.29 is 4.74 Å². The number of rotatable bonds is 4. The van der Waals surface area contributed by atoms with Crippen LogP contribution in [0, 0.1) is 23.2 Å². The van der Waals surface area contributed by atoms with Crippen molar-refractivity contribution in [3.63, 3.8) is 0 Å². The minimum atomic E-state index is -0.0982. The van der Waals surface area contributed by atoms with Crippen molar-refractivity contribution in [2.45, 2.75) is 64.9 Å². The molecule has 4 saturated carbocycles.